The maximum Gasteiger partial charge on any atom is 0.302 e. The van der Waals surface area contributed by atoms with Gasteiger partial charge in [0.1, 0.15) is 19.0 Å². The van der Waals surface area contributed by atoms with Gasteiger partial charge in [-0.3, -0.25) is 9.59 Å². The van der Waals surface area contributed by atoms with Gasteiger partial charge >= 0.3 is 5.97 Å². The molecular formula is C18H18O4. The Hall–Kier alpha value is -2.62. The molecule has 0 radical (unpaired) electrons. The lowest BCUT2D eigenvalue weighted by Gasteiger charge is -2.13. The summed E-state index contributed by atoms with van der Waals surface area (Å²) in [4.78, 5) is 22.5. The molecule has 2 aromatic rings. The Bertz CT molecular complexity index is 662. The minimum Gasteiger partial charge on any atom is -0.488 e. The highest BCUT2D eigenvalue weighted by Gasteiger charge is 2.10. The van der Waals surface area contributed by atoms with Crippen LogP contribution in [0.3, 0.4) is 0 Å². The van der Waals surface area contributed by atoms with Crippen LogP contribution in [0.5, 0.6) is 5.75 Å². The Labute approximate surface area is 129 Å². The summed E-state index contributed by atoms with van der Waals surface area (Å²) in [5.41, 5.74) is 2.28. The van der Waals surface area contributed by atoms with Crippen LogP contribution < -0.4 is 4.74 Å². The fourth-order valence-electron chi connectivity index (χ4n) is 1.97. The Morgan fingerprint density at radius 1 is 0.955 bits per heavy atom. The number of Topliss-reactive ketones (excluding diaryl/α,β-unsaturated/α-hetero) is 1. The summed E-state index contributed by atoms with van der Waals surface area (Å²) in [5, 5.41) is 0. The van der Waals surface area contributed by atoms with Crippen molar-refractivity contribution < 1.29 is 19.1 Å². The van der Waals surface area contributed by atoms with E-state index in [9.17, 15) is 9.59 Å². The Balaban J connectivity index is 2.17. The molecule has 114 valence electrons. The number of hydrogen-bond donors (Lipinski definition) is 0. The van der Waals surface area contributed by atoms with Crippen LogP contribution in [0.1, 0.15) is 35.3 Å². The SMILES string of the molecule is CC(=O)OCc1cc(C(C)=O)ccc1OCc1ccccc1. The maximum absolute atomic E-state index is 11.5. The van der Waals surface area contributed by atoms with Crippen LogP contribution in [0.15, 0.2) is 48.5 Å². The molecule has 0 unspecified atom stereocenters. The lowest BCUT2D eigenvalue weighted by Crippen LogP contribution is -2.04. The third-order valence-corrected chi connectivity index (χ3v) is 3.14. The largest absolute Gasteiger partial charge is 0.488 e. The summed E-state index contributed by atoms with van der Waals surface area (Å²) < 4.78 is 10.8. The van der Waals surface area contributed by atoms with Crippen molar-refractivity contribution in [2.75, 3.05) is 0 Å². The van der Waals surface area contributed by atoms with Gasteiger partial charge in [-0.05, 0) is 30.7 Å². The molecule has 22 heavy (non-hydrogen) atoms. The molecule has 0 heterocycles. The average Bonchev–Trinajstić information content (AvgIpc) is 2.52. The number of carbonyl (C=O) groups is 2. The van der Waals surface area contributed by atoms with Crippen LogP contribution in [0.4, 0.5) is 0 Å². The van der Waals surface area contributed by atoms with Crippen LogP contribution in [0.2, 0.25) is 0 Å². The van der Waals surface area contributed by atoms with Crippen LogP contribution >= 0.6 is 0 Å². The molecule has 0 aliphatic heterocycles. The van der Waals surface area contributed by atoms with Crippen molar-refractivity contribution in [3.63, 3.8) is 0 Å². The van der Waals surface area contributed by atoms with E-state index in [1.165, 1.54) is 13.8 Å². The van der Waals surface area contributed by atoms with Gasteiger partial charge in [0.15, 0.2) is 5.78 Å². The first-order valence-electron chi connectivity index (χ1n) is 7.00. The van der Waals surface area contributed by atoms with Crippen molar-refractivity contribution in [3.05, 3.63) is 65.2 Å². The summed E-state index contributed by atoms with van der Waals surface area (Å²) in [6.45, 7) is 3.34. The molecule has 0 bridgehead atoms. The van der Waals surface area contributed by atoms with Gasteiger partial charge in [0.2, 0.25) is 0 Å². The standard InChI is InChI=1S/C18H18O4/c1-13(19)16-8-9-18(17(10-16)12-21-14(2)20)22-11-15-6-4-3-5-7-15/h3-10H,11-12H2,1-2H3. The normalized spacial score (nSPS) is 10.1. The second-order valence-electron chi connectivity index (χ2n) is 4.93. The Morgan fingerprint density at radius 3 is 2.32 bits per heavy atom. The highest BCUT2D eigenvalue weighted by molar-refractivity contribution is 5.94. The fourth-order valence-corrected chi connectivity index (χ4v) is 1.97. The van der Waals surface area contributed by atoms with Gasteiger partial charge in [0.05, 0.1) is 0 Å². The zero-order valence-corrected chi connectivity index (χ0v) is 12.7. The predicted octanol–water partition coefficient (Wildman–Crippen LogP) is 3.53. The summed E-state index contributed by atoms with van der Waals surface area (Å²) in [7, 11) is 0. The number of rotatable bonds is 6. The second kappa shape index (κ2) is 7.41. The van der Waals surface area contributed by atoms with Crippen molar-refractivity contribution in [2.45, 2.75) is 27.1 Å². The summed E-state index contributed by atoms with van der Waals surface area (Å²) in [6.07, 6.45) is 0. The molecule has 0 aromatic heterocycles. The van der Waals surface area contributed by atoms with Crippen LogP contribution in [0, 0.1) is 0 Å². The predicted molar refractivity (Wildman–Crippen MR) is 82.7 cm³/mol. The quantitative estimate of drug-likeness (QED) is 0.604. The highest BCUT2D eigenvalue weighted by atomic mass is 16.5. The molecule has 0 N–H and O–H groups in total. The van der Waals surface area contributed by atoms with Gasteiger partial charge < -0.3 is 9.47 Å². The first-order valence-corrected chi connectivity index (χ1v) is 7.00. The molecule has 0 saturated heterocycles. The van der Waals surface area contributed by atoms with Crippen LogP contribution in [0.25, 0.3) is 0 Å². The Kier molecular flexibility index (Phi) is 5.31. The van der Waals surface area contributed by atoms with Crippen LogP contribution in [-0.2, 0) is 22.7 Å². The minimum absolute atomic E-state index is 0.0429. The van der Waals surface area contributed by atoms with Gasteiger partial charge in [-0.15, -0.1) is 0 Å². The van der Waals surface area contributed by atoms with E-state index in [4.69, 9.17) is 9.47 Å². The third-order valence-electron chi connectivity index (χ3n) is 3.14. The number of hydrogen-bond acceptors (Lipinski definition) is 4. The summed E-state index contributed by atoms with van der Waals surface area (Å²) >= 11 is 0. The number of esters is 1. The molecule has 0 atom stereocenters. The van der Waals surface area contributed by atoms with Crippen molar-refractivity contribution in [1.29, 1.82) is 0 Å². The number of ketones is 1. The smallest absolute Gasteiger partial charge is 0.302 e. The number of benzene rings is 2. The molecule has 0 aliphatic rings. The molecule has 2 aromatic carbocycles. The molecule has 0 fully saturated rings. The monoisotopic (exact) mass is 298 g/mol. The lowest BCUT2D eigenvalue weighted by molar-refractivity contribution is -0.142. The Morgan fingerprint density at radius 2 is 1.68 bits per heavy atom. The van der Waals surface area contributed by atoms with Crippen molar-refractivity contribution in [2.24, 2.45) is 0 Å². The van der Waals surface area contributed by atoms with Crippen LogP contribution in [-0.4, -0.2) is 11.8 Å². The molecule has 2 rings (SSSR count). The van der Waals surface area contributed by atoms with E-state index in [-0.39, 0.29) is 18.4 Å². The average molecular weight is 298 g/mol. The van der Waals surface area contributed by atoms with E-state index in [0.717, 1.165) is 5.56 Å². The topological polar surface area (TPSA) is 52.6 Å². The van der Waals surface area contributed by atoms with E-state index in [2.05, 4.69) is 0 Å². The van der Waals surface area contributed by atoms with Gasteiger partial charge in [-0.2, -0.15) is 0 Å². The van der Waals surface area contributed by atoms with E-state index in [1.807, 2.05) is 30.3 Å². The first-order chi connectivity index (χ1) is 10.6. The summed E-state index contributed by atoms with van der Waals surface area (Å²) in [5.74, 6) is 0.191. The van der Waals surface area contributed by atoms with E-state index in [0.29, 0.717) is 23.5 Å². The highest BCUT2D eigenvalue weighted by Crippen LogP contribution is 2.23. The van der Waals surface area contributed by atoms with E-state index >= 15 is 0 Å². The lowest BCUT2D eigenvalue weighted by atomic mass is 10.1. The molecule has 0 saturated carbocycles. The van der Waals surface area contributed by atoms with Crippen molar-refractivity contribution in [3.8, 4) is 5.75 Å². The number of carbonyl (C=O) groups excluding carboxylic acids is 2. The second-order valence-corrected chi connectivity index (χ2v) is 4.93. The fraction of sp³-hybridized carbons (Fsp3) is 0.222. The third kappa shape index (κ3) is 4.45. The number of ether oxygens (including phenoxy) is 2. The van der Waals surface area contributed by atoms with E-state index in [1.54, 1.807) is 18.2 Å². The minimum atomic E-state index is -0.373. The molecule has 4 nitrogen and oxygen atoms in total. The van der Waals surface area contributed by atoms with Gasteiger partial charge in [0, 0.05) is 18.1 Å². The maximum atomic E-state index is 11.5. The molecular weight excluding hydrogens is 280 g/mol. The molecule has 0 aliphatic carbocycles. The zero-order chi connectivity index (χ0) is 15.9. The molecule has 4 heteroatoms. The first kappa shape index (κ1) is 15.8. The summed E-state index contributed by atoms with van der Waals surface area (Å²) in [6, 6.07) is 14.9. The van der Waals surface area contributed by atoms with Gasteiger partial charge in [0.25, 0.3) is 0 Å². The van der Waals surface area contributed by atoms with E-state index < -0.39 is 0 Å². The molecule has 0 spiro atoms. The molecule has 0 amide bonds. The van der Waals surface area contributed by atoms with Gasteiger partial charge in [-0.25, -0.2) is 0 Å². The zero-order valence-electron chi connectivity index (χ0n) is 12.7. The van der Waals surface area contributed by atoms with Gasteiger partial charge in [-0.1, -0.05) is 30.3 Å². The van der Waals surface area contributed by atoms with Crippen molar-refractivity contribution in [1.82, 2.24) is 0 Å². The van der Waals surface area contributed by atoms with Crippen molar-refractivity contribution >= 4 is 11.8 Å².